The predicted octanol–water partition coefficient (Wildman–Crippen LogP) is 3.94. The van der Waals surface area contributed by atoms with Crippen molar-refractivity contribution in [2.45, 2.75) is 27.2 Å². The van der Waals surface area contributed by atoms with Crippen LogP contribution in [0.1, 0.15) is 24.8 Å². The monoisotopic (exact) mass is 309 g/mol. The van der Waals surface area contributed by atoms with Gasteiger partial charge >= 0.3 is 0 Å². The maximum absolute atomic E-state index is 5.30. The van der Waals surface area contributed by atoms with E-state index in [9.17, 15) is 0 Å². The molecule has 2 heterocycles. The molecule has 4 nitrogen and oxygen atoms in total. The molecule has 5 heteroatoms. The Labute approximate surface area is 115 Å². The van der Waals surface area contributed by atoms with Gasteiger partial charge in [-0.2, -0.15) is 0 Å². The lowest BCUT2D eigenvalue weighted by atomic mass is 10.2. The zero-order valence-electron chi connectivity index (χ0n) is 10.7. The Kier molecular flexibility index (Phi) is 4.01. The normalized spacial score (nSPS) is 10.7. The molecule has 0 spiro atoms. The summed E-state index contributed by atoms with van der Waals surface area (Å²) in [6.45, 7) is 6.88. The van der Waals surface area contributed by atoms with Gasteiger partial charge < -0.3 is 9.73 Å². The van der Waals surface area contributed by atoms with Crippen molar-refractivity contribution < 1.29 is 4.42 Å². The van der Waals surface area contributed by atoms with E-state index >= 15 is 0 Å². The second kappa shape index (κ2) is 5.52. The fourth-order valence-electron chi connectivity index (χ4n) is 1.66. The van der Waals surface area contributed by atoms with Crippen LogP contribution in [0.4, 0.5) is 5.82 Å². The molecule has 0 saturated heterocycles. The summed E-state index contributed by atoms with van der Waals surface area (Å²) >= 11 is 3.52. The van der Waals surface area contributed by atoms with Gasteiger partial charge in [0.2, 0.25) is 0 Å². The molecule has 0 fully saturated rings. The van der Waals surface area contributed by atoms with E-state index in [0.29, 0.717) is 5.82 Å². The average molecular weight is 310 g/mol. The highest BCUT2D eigenvalue weighted by molar-refractivity contribution is 9.10. The lowest BCUT2D eigenvalue weighted by molar-refractivity contribution is 0.535. The first kappa shape index (κ1) is 13.1. The van der Waals surface area contributed by atoms with Crippen LogP contribution in [0.3, 0.4) is 0 Å². The van der Waals surface area contributed by atoms with Crippen LogP contribution in [0.2, 0.25) is 0 Å². The number of nitrogens with one attached hydrogen (secondary N) is 1. The summed E-state index contributed by atoms with van der Waals surface area (Å²) < 4.78 is 6.22. The van der Waals surface area contributed by atoms with Crippen LogP contribution in [0, 0.1) is 13.8 Å². The summed E-state index contributed by atoms with van der Waals surface area (Å²) in [7, 11) is 0. The number of hydrogen-bond acceptors (Lipinski definition) is 4. The van der Waals surface area contributed by atoms with Crippen molar-refractivity contribution in [3.05, 3.63) is 28.3 Å². The number of anilines is 1. The number of halogens is 1. The van der Waals surface area contributed by atoms with E-state index in [1.807, 2.05) is 19.9 Å². The molecule has 1 N–H and O–H groups in total. The van der Waals surface area contributed by atoms with Crippen LogP contribution in [0.15, 0.2) is 21.2 Å². The van der Waals surface area contributed by atoms with Crippen LogP contribution in [-0.2, 0) is 0 Å². The summed E-state index contributed by atoms with van der Waals surface area (Å²) in [5.74, 6) is 2.36. The van der Waals surface area contributed by atoms with Gasteiger partial charge in [0, 0.05) is 6.54 Å². The average Bonchev–Trinajstić information content (AvgIpc) is 2.77. The molecule has 0 radical (unpaired) electrons. The van der Waals surface area contributed by atoms with E-state index in [2.05, 4.69) is 38.1 Å². The predicted molar refractivity (Wildman–Crippen MR) is 75.7 cm³/mol. The van der Waals surface area contributed by atoms with E-state index in [-0.39, 0.29) is 0 Å². The molecule has 0 aliphatic rings. The first-order valence-electron chi connectivity index (χ1n) is 5.96. The molecule has 0 atom stereocenters. The summed E-state index contributed by atoms with van der Waals surface area (Å²) in [6, 6.07) is 1.89. The molecule has 2 rings (SSSR count). The van der Waals surface area contributed by atoms with Gasteiger partial charge in [0.05, 0.1) is 22.0 Å². The molecule has 0 aliphatic heterocycles. The van der Waals surface area contributed by atoms with Crippen molar-refractivity contribution >= 4 is 21.7 Å². The zero-order chi connectivity index (χ0) is 13.1. The molecular weight excluding hydrogens is 294 g/mol. The lowest BCUT2D eigenvalue weighted by Gasteiger charge is -2.10. The van der Waals surface area contributed by atoms with Crippen LogP contribution in [-0.4, -0.2) is 16.5 Å². The summed E-state index contributed by atoms with van der Waals surface area (Å²) in [5.41, 5.74) is 1.85. The molecule has 96 valence electrons. The van der Waals surface area contributed by atoms with Gasteiger partial charge in [0.1, 0.15) is 11.6 Å². The van der Waals surface area contributed by atoms with Crippen molar-refractivity contribution in [1.29, 1.82) is 0 Å². The molecule has 0 unspecified atom stereocenters. The Balaban J connectivity index is 2.44. The van der Waals surface area contributed by atoms with Crippen LogP contribution >= 0.6 is 15.9 Å². The maximum Gasteiger partial charge on any atom is 0.165 e. The highest BCUT2D eigenvalue weighted by Gasteiger charge is 2.13. The lowest BCUT2D eigenvalue weighted by Crippen LogP contribution is -2.06. The first-order chi connectivity index (χ1) is 8.63. The van der Waals surface area contributed by atoms with E-state index in [1.54, 1.807) is 6.26 Å². The maximum atomic E-state index is 5.30. The van der Waals surface area contributed by atoms with Gasteiger partial charge in [-0.05, 0) is 42.3 Å². The summed E-state index contributed by atoms with van der Waals surface area (Å²) in [6.07, 6.45) is 2.71. The van der Waals surface area contributed by atoms with Gasteiger partial charge in [-0.25, -0.2) is 9.97 Å². The van der Waals surface area contributed by atoms with Gasteiger partial charge in [-0.3, -0.25) is 0 Å². The zero-order valence-corrected chi connectivity index (χ0v) is 12.3. The standard InChI is InChI=1S/C13H16BrN3O/c1-4-6-15-13-11(14)8(2)16-12(17-13)10-5-7-18-9(10)3/h5,7H,4,6H2,1-3H3,(H,15,16,17). The van der Waals surface area contributed by atoms with Crippen molar-refractivity contribution in [2.24, 2.45) is 0 Å². The van der Waals surface area contributed by atoms with Crippen molar-refractivity contribution in [3.8, 4) is 11.4 Å². The van der Waals surface area contributed by atoms with Crippen LogP contribution in [0.25, 0.3) is 11.4 Å². The van der Waals surface area contributed by atoms with E-state index in [1.165, 1.54) is 0 Å². The molecule has 0 amide bonds. The van der Waals surface area contributed by atoms with Gasteiger partial charge in [0.25, 0.3) is 0 Å². The smallest absolute Gasteiger partial charge is 0.165 e. The van der Waals surface area contributed by atoms with Gasteiger partial charge in [-0.1, -0.05) is 6.92 Å². The quantitative estimate of drug-likeness (QED) is 0.929. The van der Waals surface area contributed by atoms with Crippen molar-refractivity contribution in [1.82, 2.24) is 9.97 Å². The minimum atomic E-state index is 0.695. The highest BCUT2D eigenvalue weighted by atomic mass is 79.9. The molecule has 0 aromatic carbocycles. The molecule has 0 aliphatic carbocycles. The Morgan fingerprint density at radius 3 is 2.72 bits per heavy atom. The number of aryl methyl sites for hydroxylation is 2. The minimum absolute atomic E-state index is 0.695. The topological polar surface area (TPSA) is 51.0 Å². The highest BCUT2D eigenvalue weighted by Crippen LogP contribution is 2.28. The third-order valence-electron chi connectivity index (χ3n) is 2.66. The van der Waals surface area contributed by atoms with E-state index in [4.69, 9.17) is 4.42 Å². The molecule has 2 aromatic heterocycles. The third-order valence-corrected chi connectivity index (χ3v) is 3.61. The summed E-state index contributed by atoms with van der Waals surface area (Å²) in [4.78, 5) is 9.03. The van der Waals surface area contributed by atoms with Crippen molar-refractivity contribution in [3.63, 3.8) is 0 Å². The van der Waals surface area contributed by atoms with Crippen LogP contribution in [0.5, 0.6) is 0 Å². The summed E-state index contributed by atoms with van der Waals surface area (Å²) in [5, 5.41) is 3.30. The molecule has 0 saturated carbocycles. The number of aromatic nitrogens is 2. The van der Waals surface area contributed by atoms with Gasteiger partial charge in [-0.15, -0.1) is 0 Å². The van der Waals surface area contributed by atoms with E-state index < -0.39 is 0 Å². The number of furan rings is 1. The number of nitrogens with zero attached hydrogens (tertiary/aromatic N) is 2. The third kappa shape index (κ3) is 2.56. The Morgan fingerprint density at radius 1 is 1.33 bits per heavy atom. The second-order valence-electron chi connectivity index (χ2n) is 4.11. The van der Waals surface area contributed by atoms with Gasteiger partial charge in [0.15, 0.2) is 5.82 Å². The molecule has 2 aromatic rings. The van der Waals surface area contributed by atoms with Crippen LogP contribution < -0.4 is 5.32 Å². The fourth-order valence-corrected chi connectivity index (χ4v) is 1.97. The Bertz CT molecular complexity index is 551. The molecular formula is C13H16BrN3O. The first-order valence-corrected chi connectivity index (χ1v) is 6.75. The largest absolute Gasteiger partial charge is 0.469 e. The number of hydrogen-bond donors (Lipinski definition) is 1. The Hall–Kier alpha value is -1.36. The Morgan fingerprint density at radius 2 is 2.11 bits per heavy atom. The van der Waals surface area contributed by atoms with E-state index in [0.717, 1.165) is 40.3 Å². The number of rotatable bonds is 4. The second-order valence-corrected chi connectivity index (χ2v) is 4.91. The molecule has 18 heavy (non-hydrogen) atoms. The SMILES string of the molecule is CCCNc1nc(-c2ccoc2C)nc(C)c1Br. The fraction of sp³-hybridized carbons (Fsp3) is 0.385. The molecule has 0 bridgehead atoms. The minimum Gasteiger partial charge on any atom is -0.469 e. The van der Waals surface area contributed by atoms with Crippen molar-refractivity contribution in [2.75, 3.05) is 11.9 Å².